The fraction of sp³-hybridized carbons (Fsp3) is 0.222. The molecule has 0 spiro atoms. The number of halogens is 1. The molecule has 1 N–H and O–H groups in total. The van der Waals surface area contributed by atoms with Gasteiger partial charge < -0.3 is 14.6 Å². The van der Waals surface area contributed by atoms with Crippen molar-refractivity contribution in [3.05, 3.63) is 85.5 Å². The van der Waals surface area contributed by atoms with Crippen LogP contribution in [0.15, 0.2) is 56.8 Å². The number of rotatable bonds is 5. The molecule has 0 atom stereocenters. The van der Waals surface area contributed by atoms with E-state index >= 15 is 0 Å². The van der Waals surface area contributed by atoms with E-state index in [9.17, 15) is 9.59 Å². The second-order valence-electron chi connectivity index (χ2n) is 8.30. The lowest BCUT2D eigenvalue weighted by Crippen LogP contribution is -2.19. The monoisotopic (exact) mass is 551 g/mol. The van der Waals surface area contributed by atoms with E-state index in [-0.39, 0.29) is 11.9 Å². The lowest BCUT2D eigenvalue weighted by Gasteiger charge is -2.10. The number of benzene rings is 2. The van der Waals surface area contributed by atoms with Gasteiger partial charge in [0.2, 0.25) is 0 Å². The van der Waals surface area contributed by atoms with Crippen molar-refractivity contribution >= 4 is 56.5 Å². The first-order chi connectivity index (χ1) is 16.7. The SMILES string of the molecule is CCOC(=O)c1ccc(-n2c(C)cc(/C=C3\SC(=Nc4cc(C)c(Br)c(C)c4)NC3=O)c2C)cc1. The molecule has 1 saturated heterocycles. The molecule has 1 amide bonds. The molecule has 8 heteroatoms. The lowest BCUT2D eigenvalue weighted by atomic mass is 10.1. The highest BCUT2D eigenvalue weighted by molar-refractivity contribution is 9.10. The Bertz CT molecular complexity index is 1360. The number of nitrogens with zero attached hydrogens (tertiary/aromatic N) is 2. The highest BCUT2D eigenvalue weighted by atomic mass is 79.9. The Morgan fingerprint density at radius 2 is 1.77 bits per heavy atom. The first kappa shape index (κ1) is 25.0. The van der Waals surface area contributed by atoms with E-state index in [1.807, 2.05) is 64.1 Å². The standard InChI is InChI=1S/C27H26BrN3O3S/c1-6-34-26(33)19-7-9-22(10-8-19)31-17(4)13-20(18(31)5)14-23-25(32)30-27(35-23)29-21-11-15(2)24(28)16(3)12-21/h7-14H,6H2,1-5H3,(H,29,30,32)/b23-14-. The van der Waals surface area contributed by atoms with Gasteiger partial charge in [0.1, 0.15) is 0 Å². The first-order valence-corrected chi connectivity index (χ1v) is 12.8. The van der Waals surface area contributed by atoms with Crippen LogP contribution in [0.1, 0.15) is 45.4 Å². The quantitative estimate of drug-likeness (QED) is 0.288. The van der Waals surface area contributed by atoms with Crippen molar-refractivity contribution in [2.45, 2.75) is 34.6 Å². The smallest absolute Gasteiger partial charge is 0.338 e. The molecule has 0 unspecified atom stereocenters. The fourth-order valence-electron chi connectivity index (χ4n) is 4.02. The van der Waals surface area contributed by atoms with Crippen LogP contribution in [0.5, 0.6) is 0 Å². The number of ether oxygens (including phenoxy) is 1. The lowest BCUT2D eigenvalue weighted by molar-refractivity contribution is -0.115. The Labute approximate surface area is 217 Å². The van der Waals surface area contributed by atoms with Gasteiger partial charge >= 0.3 is 5.97 Å². The van der Waals surface area contributed by atoms with Crippen molar-refractivity contribution < 1.29 is 14.3 Å². The highest BCUT2D eigenvalue weighted by Gasteiger charge is 2.25. The number of hydrogen-bond donors (Lipinski definition) is 1. The molecule has 3 aromatic rings. The summed E-state index contributed by atoms with van der Waals surface area (Å²) >= 11 is 4.91. The minimum absolute atomic E-state index is 0.164. The van der Waals surface area contributed by atoms with Crippen LogP contribution < -0.4 is 5.32 Å². The number of aliphatic imine (C=N–C) groups is 1. The molecule has 1 aromatic heterocycles. The molecule has 1 aliphatic heterocycles. The van der Waals surface area contributed by atoms with E-state index in [4.69, 9.17) is 4.74 Å². The largest absolute Gasteiger partial charge is 0.462 e. The summed E-state index contributed by atoms with van der Waals surface area (Å²) in [5.74, 6) is -0.497. The number of carbonyl (C=O) groups is 2. The van der Waals surface area contributed by atoms with Crippen molar-refractivity contribution in [1.29, 1.82) is 0 Å². The average Bonchev–Trinajstić information content (AvgIpc) is 3.29. The van der Waals surface area contributed by atoms with Gasteiger partial charge in [0.15, 0.2) is 5.17 Å². The number of amidine groups is 1. The van der Waals surface area contributed by atoms with Crippen molar-refractivity contribution in [3.63, 3.8) is 0 Å². The van der Waals surface area contributed by atoms with Crippen molar-refractivity contribution in [2.24, 2.45) is 4.99 Å². The third-order valence-electron chi connectivity index (χ3n) is 5.70. The van der Waals surface area contributed by atoms with Crippen molar-refractivity contribution in [2.75, 3.05) is 6.61 Å². The second kappa shape index (κ2) is 10.3. The van der Waals surface area contributed by atoms with Gasteiger partial charge in [0.25, 0.3) is 5.91 Å². The molecule has 4 rings (SSSR count). The summed E-state index contributed by atoms with van der Waals surface area (Å²) in [6, 6.07) is 13.3. The molecule has 6 nitrogen and oxygen atoms in total. The van der Waals surface area contributed by atoms with E-state index in [1.165, 1.54) is 11.8 Å². The van der Waals surface area contributed by atoms with E-state index in [1.54, 1.807) is 19.1 Å². The molecule has 0 aliphatic carbocycles. The number of aromatic nitrogens is 1. The van der Waals surface area contributed by atoms with Gasteiger partial charge in [-0.05, 0) is 112 Å². The molecule has 2 heterocycles. The zero-order valence-electron chi connectivity index (χ0n) is 20.2. The maximum absolute atomic E-state index is 12.7. The van der Waals surface area contributed by atoms with Crippen LogP contribution in [0.4, 0.5) is 5.69 Å². The number of hydrogen-bond acceptors (Lipinski definition) is 5. The predicted octanol–water partition coefficient (Wildman–Crippen LogP) is 6.54. The summed E-state index contributed by atoms with van der Waals surface area (Å²) in [6.07, 6.45) is 1.90. The van der Waals surface area contributed by atoms with Crippen LogP contribution in [0.25, 0.3) is 11.8 Å². The van der Waals surface area contributed by atoms with E-state index in [2.05, 4.69) is 30.8 Å². The van der Waals surface area contributed by atoms with Crippen molar-refractivity contribution in [3.8, 4) is 5.69 Å². The van der Waals surface area contributed by atoms with Gasteiger partial charge in [-0.3, -0.25) is 4.79 Å². The average molecular weight is 552 g/mol. The van der Waals surface area contributed by atoms with E-state index < -0.39 is 0 Å². The number of aryl methyl sites for hydroxylation is 3. The van der Waals surface area contributed by atoms with Gasteiger partial charge in [-0.15, -0.1) is 0 Å². The topological polar surface area (TPSA) is 72.7 Å². The van der Waals surface area contributed by atoms with Crippen LogP contribution in [-0.2, 0) is 9.53 Å². The fourth-order valence-corrected chi connectivity index (χ4v) is 5.08. The van der Waals surface area contributed by atoms with Gasteiger partial charge in [0, 0.05) is 21.5 Å². The molecule has 0 bridgehead atoms. The molecule has 35 heavy (non-hydrogen) atoms. The third-order valence-corrected chi connectivity index (χ3v) is 7.86. The zero-order valence-corrected chi connectivity index (χ0v) is 22.6. The Kier molecular flexibility index (Phi) is 7.33. The van der Waals surface area contributed by atoms with Crippen LogP contribution in [-0.4, -0.2) is 28.2 Å². The number of esters is 1. The second-order valence-corrected chi connectivity index (χ2v) is 10.1. The Hall–Kier alpha value is -3.10. The molecular formula is C27H26BrN3O3S. The summed E-state index contributed by atoms with van der Waals surface area (Å²) in [7, 11) is 0. The maximum atomic E-state index is 12.7. The van der Waals surface area contributed by atoms with Gasteiger partial charge in [-0.25, -0.2) is 9.79 Å². The normalized spacial score (nSPS) is 15.7. The van der Waals surface area contributed by atoms with Gasteiger partial charge in [0.05, 0.1) is 22.8 Å². The molecular weight excluding hydrogens is 526 g/mol. The Morgan fingerprint density at radius 3 is 2.40 bits per heavy atom. The Balaban J connectivity index is 1.59. The van der Waals surface area contributed by atoms with Crippen molar-refractivity contribution in [1.82, 2.24) is 9.88 Å². The number of thioether (sulfide) groups is 1. The molecule has 0 saturated carbocycles. The maximum Gasteiger partial charge on any atom is 0.338 e. The minimum atomic E-state index is -0.333. The third kappa shape index (κ3) is 5.28. The number of carbonyl (C=O) groups excluding carboxylic acids is 2. The highest BCUT2D eigenvalue weighted by Crippen LogP contribution is 2.32. The summed E-state index contributed by atoms with van der Waals surface area (Å²) in [4.78, 5) is 29.8. The van der Waals surface area contributed by atoms with Crippen LogP contribution in [0, 0.1) is 27.7 Å². The summed E-state index contributed by atoms with van der Waals surface area (Å²) < 4.78 is 8.23. The van der Waals surface area contributed by atoms with Crippen LogP contribution in [0.2, 0.25) is 0 Å². The first-order valence-electron chi connectivity index (χ1n) is 11.2. The van der Waals surface area contributed by atoms with E-state index in [0.29, 0.717) is 22.2 Å². The summed E-state index contributed by atoms with van der Waals surface area (Å²) in [6.45, 7) is 10.2. The minimum Gasteiger partial charge on any atom is -0.462 e. The van der Waals surface area contributed by atoms with E-state index in [0.717, 1.165) is 43.9 Å². The molecule has 1 aliphatic rings. The molecule has 180 valence electrons. The Morgan fingerprint density at radius 1 is 1.11 bits per heavy atom. The summed E-state index contributed by atoms with van der Waals surface area (Å²) in [5, 5.41) is 3.43. The van der Waals surface area contributed by atoms with Gasteiger partial charge in [-0.2, -0.15) is 0 Å². The predicted molar refractivity (Wildman–Crippen MR) is 146 cm³/mol. The molecule has 0 radical (unpaired) electrons. The van der Waals surface area contributed by atoms with Crippen LogP contribution >= 0.6 is 27.7 Å². The van der Waals surface area contributed by atoms with Crippen LogP contribution in [0.3, 0.4) is 0 Å². The zero-order chi connectivity index (χ0) is 25.3. The molecule has 2 aromatic carbocycles. The number of nitrogens with one attached hydrogen (secondary N) is 1. The summed E-state index contributed by atoms with van der Waals surface area (Å²) in [5.41, 5.74) is 7.41. The number of amides is 1. The molecule has 1 fully saturated rings. The van der Waals surface area contributed by atoms with Gasteiger partial charge in [-0.1, -0.05) is 15.9 Å².